The lowest BCUT2D eigenvalue weighted by Crippen LogP contribution is -2.05. The highest BCUT2D eigenvalue weighted by Crippen LogP contribution is 2.23. The number of hydrogen-bond acceptors (Lipinski definition) is 4. The molecule has 1 rings (SSSR count). The first-order valence-electron chi connectivity index (χ1n) is 4.03. The number of benzene rings is 1. The molecule has 0 aliphatic heterocycles. The van der Waals surface area contributed by atoms with Crippen LogP contribution < -0.4 is 0 Å². The molecule has 0 saturated heterocycles. The Bertz CT molecular complexity index is 475. The number of nitrogens with zero attached hydrogens (tertiary/aromatic N) is 1. The fourth-order valence-corrected chi connectivity index (χ4v) is 1.30. The summed E-state index contributed by atoms with van der Waals surface area (Å²) in [7, 11) is 0. The molecule has 0 aromatic heterocycles. The summed E-state index contributed by atoms with van der Waals surface area (Å²) in [6, 6.07) is 1.63. The summed E-state index contributed by atoms with van der Waals surface area (Å²) in [6.45, 7) is 0. The maximum Gasteiger partial charge on any atom is 0.315 e. The molecule has 1 aromatic rings. The smallest absolute Gasteiger partial charge is 0.298 e. The van der Waals surface area contributed by atoms with Crippen molar-refractivity contribution in [2.45, 2.75) is 0 Å². The molecular weight excluding hydrogens is 241 g/mol. The molecule has 0 atom stereocenters. The third kappa shape index (κ3) is 2.22. The summed E-state index contributed by atoms with van der Waals surface area (Å²) >= 11 is 5.24. The largest absolute Gasteiger partial charge is 0.315 e. The number of carbonyl (C=O) groups excluding carboxylic acids is 2. The second-order valence-electron chi connectivity index (χ2n) is 2.83. The third-order valence-electron chi connectivity index (χ3n) is 1.85. The zero-order valence-electron chi connectivity index (χ0n) is 7.78. The maximum atomic E-state index is 13.2. The number of halogens is 2. The standard InChI is InChI=1S/C9H5ClFNO4/c10-3-8(14)5-1-6(4-13)9(12(15)16)7(11)2-5/h1-2,4H,3H2. The first-order valence-corrected chi connectivity index (χ1v) is 4.57. The normalized spacial score (nSPS) is 9.88. The molecule has 0 unspecified atom stereocenters. The van der Waals surface area contributed by atoms with Gasteiger partial charge in [0, 0.05) is 5.56 Å². The van der Waals surface area contributed by atoms with E-state index in [1.807, 2.05) is 0 Å². The Labute approximate surface area is 94.0 Å². The second-order valence-corrected chi connectivity index (χ2v) is 3.09. The van der Waals surface area contributed by atoms with E-state index in [-0.39, 0.29) is 11.8 Å². The van der Waals surface area contributed by atoms with E-state index in [0.717, 1.165) is 6.07 Å². The van der Waals surface area contributed by atoms with Crippen molar-refractivity contribution in [3.05, 3.63) is 39.2 Å². The molecule has 7 heteroatoms. The van der Waals surface area contributed by atoms with E-state index in [2.05, 4.69) is 0 Å². The van der Waals surface area contributed by atoms with Gasteiger partial charge < -0.3 is 0 Å². The van der Waals surface area contributed by atoms with Crippen LogP contribution in [0.4, 0.5) is 10.1 Å². The monoisotopic (exact) mass is 245 g/mol. The molecule has 0 bridgehead atoms. The van der Waals surface area contributed by atoms with Gasteiger partial charge in [0.25, 0.3) is 0 Å². The lowest BCUT2D eigenvalue weighted by atomic mass is 10.1. The van der Waals surface area contributed by atoms with Crippen molar-refractivity contribution in [2.75, 3.05) is 5.88 Å². The molecule has 0 fully saturated rings. The molecule has 16 heavy (non-hydrogen) atoms. The van der Waals surface area contributed by atoms with Crippen molar-refractivity contribution in [1.29, 1.82) is 0 Å². The van der Waals surface area contributed by atoms with E-state index in [9.17, 15) is 24.1 Å². The molecule has 0 heterocycles. The molecule has 0 spiro atoms. The lowest BCUT2D eigenvalue weighted by Gasteiger charge is -2.01. The Morgan fingerprint density at radius 1 is 1.56 bits per heavy atom. The number of nitro benzene ring substituents is 1. The minimum absolute atomic E-state index is 0.117. The summed E-state index contributed by atoms with van der Waals surface area (Å²) in [4.78, 5) is 31.1. The summed E-state index contributed by atoms with van der Waals surface area (Å²) < 4.78 is 13.2. The molecule has 0 saturated carbocycles. The van der Waals surface area contributed by atoms with Gasteiger partial charge in [-0.25, -0.2) is 0 Å². The van der Waals surface area contributed by atoms with Gasteiger partial charge in [-0.2, -0.15) is 4.39 Å². The fraction of sp³-hybridized carbons (Fsp3) is 0.111. The van der Waals surface area contributed by atoms with Gasteiger partial charge in [0.1, 0.15) is 0 Å². The Morgan fingerprint density at radius 2 is 2.19 bits per heavy atom. The van der Waals surface area contributed by atoms with Crippen LogP contribution in [0.3, 0.4) is 0 Å². The number of rotatable bonds is 4. The molecule has 5 nitrogen and oxygen atoms in total. The van der Waals surface area contributed by atoms with Crippen molar-refractivity contribution < 1.29 is 18.9 Å². The first-order chi connectivity index (χ1) is 7.51. The molecule has 0 N–H and O–H groups in total. The summed E-state index contributed by atoms with van der Waals surface area (Å²) in [5, 5.41) is 10.4. The summed E-state index contributed by atoms with van der Waals surface area (Å²) in [5.74, 6) is -2.24. The van der Waals surface area contributed by atoms with Gasteiger partial charge in [-0.1, -0.05) is 0 Å². The highest BCUT2D eigenvalue weighted by atomic mass is 35.5. The predicted octanol–water partition coefficient (Wildman–Crippen LogP) is 1.97. The van der Waals surface area contributed by atoms with E-state index >= 15 is 0 Å². The van der Waals surface area contributed by atoms with Crippen LogP contribution in [0.1, 0.15) is 20.7 Å². The highest BCUT2D eigenvalue weighted by molar-refractivity contribution is 6.30. The van der Waals surface area contributed by atoms with Crippen molar-refractivity contribution in [2.24, 2.45) is 0 Å². The molecule has 0 radical (unpaired) electrons. The number of alkyl halides is 1. The van der Waals surface area contributed by atoms with Gasteiger partial charge in [0.2, 0.25) is 5.82 Å². The maximum absolute atomic E-state index is 13.2. The Kier molecular flexibility index (Phi) is 3.68. The topological polar surface area (TPSA) is 77.3 Å². The van der Waals surface area contributed by atoms with Gasteiger partial charge in [-0.05, 0) is 12.1 Å². The average Bonchev–Trinajstić information content (AvgIpc) is 2.26. The second kappa shape index (κ2) is 4.80. The average molecular weight is 246 g/mol. The number of nitro groups is 1. The van der Waals surface area contributed by atoms with Crippen LogP contribution >= 0.6 is 11.6 Å². The van der Waals surface area contributed by atoms with Gasteiger partial charge in [-0.3, -0.25) is 19.7 Å². The van der Waals surface area contributed by atoms with E-state index in [1.54, 1.807) is 0 Å². The van der Waals surface area contributed by atoms with Gasteiger partial charge in [0.15, 0.2) is 12.1 Å². The SMILES string of the molecule is O=Cc1cc(C(=O)CCl)cc(F)c1[N+](=O)[O-]. The Balaban J connectivity index is 3.43. The third-order valence-corrected chi connectivity index (χ3v) is 2.09. The number of Topliss-reactive ketones (excluding diaryl/α,β-unsaturated/α-hetero) is 1. The molecule has 0 aliphatic rings. The highest BCUT2D eigenvalue weighted by Gasteiger charge is 2.22. The van der Waals surface area contributed by atoms with Crippen LogP contribution in [0.2, 0.25) is 0 Å². The minimum Gasteiger partial charge on any atom is -0.298 e. The van der Waals surface area contributed by atoms with Crippen LogP contribution in [0, 0.1) is 15.9 Å². The molecular formula is C9H5ClFNO4. The first kappa shape index (κ1) is 12.3. The molecule has 84 valence electrons. The van der Waals surface area contributed by atoms with Crippen LogP contribution in [-0.2, 0) is 0 Å². The quantitative estimate of drug-likeness (QED) is 0.267. The number of hydrogen-bond donors (Lipinski definition) is 0. The lowest BCUT2D eigenvalue weighted by molar-refractivity contribution is -0.387. The molecule has 0 aliphatic carbocycles. The van der Waals surface area contributed by atoms with Crippen LogP contribution in [-0.4, -0.2) is 22.9 Å². The van der Waals surface area contributed by atoms with E-state index < -0.39 is 33.7 Å². The van der Waals surface area contributed by atoms with Gasteiger partial charge >= 0.3 is 5.69 Å². The van der Waals surface area contributed by atoms with E-state index in [0.29, 0.717) is 6.07 Å². The summed E-state index contributed by atoms with van der Waals surface area (Å²) in [5.41, 5.74) is -1.60. The predicted molar refractivity (Wildman–Crippen MR) is 53.5 cm³/mol. The Morgan fingerprint density at radius 3 is 2.62 bits per heavy atom. The zero-order chi connectivity index (χ0) is 12.3. The molecule has 0 amide bonds. The van der Waals surface area contributed by atoms with Crippen LogP contribution in [0.5, 0.6) is 0 Å². The number of aldehydes is 1. The van der Waals surface area contributed by atoms with Crippen molar-refractivity contribution in [3.8, 4) is 0 Å². The van der Waals surface area contributed by atoms with Gasteiger partial charge in [-0.15, -0.1) is 11.6 Å². The summed E-state index contributed by atoms with van der Waals surface area (Å²) in [6.07, 6.45) is 0.117. The zero-order valence-corrected chi connectivity index (χ0v) is 8.53. The van der Waals surface area contributed by atoms with Gasteiger partial charge in [0.05, 0.1) is 16.4 Å². The van der Waals surface area contributed by atoms with Crippen molar-refractivity contribution in [3.63, 3.8) is 0 Å². The van der Waals surface area contributed by atoms with E-state index in [4.69, 9.17) is 11.6 Å². The van der Waals surface area contributed by atoms with Crippen molar-refractivity contribution >= 4 is 29.4 Å². The minimum atomic E-state index is -1.23. The number of carbonyl (C=O) groups is 2. The fourth-order valence-electron chi connectivity index (χ4n) is 1.14. The van der Waals surface area contributed by atoms with Crippen LogP contribution in [0.25, 0.3) is 0 Å². The van der Waals surface area contributed by atoms with Crippen molar-refractivity contribution in [1.82, 2.24) is 0 Å². The molecule has 1 aromatic carbocycles. The van der Waals surface area contributed by atoms with Crippen LogP contribution in [0.15, 0.2) is 12.1 Å². The Hall–Kier alpha value is -1.82. The van der Waals surface area contributed by atoms with E-state index in [1.165, 1.54) is 0 Å². The number of ketones is 1.